The first-order valence-electron chi connectivity index (χ1n) is 2.80. The normalized spacial score (nSPS) is 35.7. The Morgan fingerprint density at radius 3 is 2.43 bits per heavy atom. The largest absolute Gasteiger partial charge is 0.297 e. The highest BCUT2D eigenvalue weighted by Gasteiger charge is 2.18. The van der Waals surface area contributed by atoms with E-state index in [2.05, 4.69) is 11.9 Å². The number of hydrogen-bond donors (Lipinski definition) is 0. The van der Waals surface area contributed by atoms with Gasteiger partial charge < -0.3 is 0 Å². The molecule has 0 aromatic heterocycles. The summed E-state index contributed by atoms with van der Waals surface area (Å²) in [6.45, 7) is 2.23. The minimum absolute atomic E-state index is 0.796. The van der Waals surface area contributed by atoms with Crippen molar-refractivity contribution in [3.05, 3.63) is 0 Å². The van der Waals surface area contributed by atoms with Gasteiger partial charge in [-0.2, -0.15) is 0 Å². The summed E-state index contributed by atoms with van der Waals surface area (Å²) in [7, 11) is 1.88. The molecule has 1 nitrogen and oxygen atoms in total. The molecule has 0 spiro atoms. The Bertz CT molecular complexity index is 94.4. The molecule has 0 aromatic carbocycles. The quantitative estimate of drug-likeness (QED) is 0.434. The molecule has 1 saturated carbocycles. The summed E-state index contributed by atoms with van der Waals surface area (Å²) in [5.74, 6) is 0.796. The molecule has 0 amide bonds. The maximum absolute atomic E-state index is 4.09. The molecular weight excluding hydrogens is 86.1 g/mol. The highest BCUT2D eigenvalue weighted by Crippen LogP contribution is 2.22. The summed E-state index contributed by atoms with van der Waals surface area (Å²) in [6, 6.07) is 0. The zero-order valence-corrected chi connectivity index (χ0v) is 4.94. The van der Waals surface area contributed by atoms with Gasteiger partial charge in [-0.05, 0) is 18.8 Å². The average molecular weight is 97.2 g/mol. The monoisotopic (exact) mass is 97.1 g/mol. The molecule has 7 heavy (non-hydrogen) atoms. The lowest BCUT2D eigenvalue weighted by Crippen LogP contribution is -2.22. The van der Waals surface area contributed by atoms with Crippen molar-refractivity contribution in [3.63, 3.8) is 0 Å². The average Bonchev–Trinajstić information content (AvgIpc) is 1.65. The van der Waals surface area contributed by atoms with Gasteiger partial charge in [-0.1, -0.05) is 6.92 Å². The lowest BCUT2D eigenvalue weighted by molar-refractivity contribution is 0.603. The summed E-state index contributed by atoms with van der Waals surface area (Å²) in [5, 5.41) is 0. The molecule has 1 aliphatic carbocycles. The standard InChI is InChI=1S/C6H11N/c1-5-3-4-6(5)7-2/h5H,3-4H2,1-2H3. The van der Waals surface area contributed by atoms with Crippen LogP contribution in [0.1, 0.15) is 19.8 Å². The molecule has 1 fully saturated rings. The molecular formula is C6H11N. The molecule has 1 unspecified atom stereocenters. The van der Waals surface area contributed by atoms with E-state index in [4.69, 9.17) is 0 Å². The second-order valence-electron chi connectivity index (χ2n) is 2.15. The third kappa shape index (κ3) is 0.671. The van der Waals surface area contributed by atoms with E-state index in [0.29, 0.717) is 0 Å². The Hall–Kier alpha value is -0.330. The van der Waals surface area contributed by atoms with Crippen molar-refractivity contribution in [1.82, 2.24) is 0 Å². The van der Waals surface area contributed by atoms with Gasteiger partial charge >= 0.3 is 0 Å². The molecule has 0 N–H and O–H groups in total. The number of nitrogens with zero attached hydrogens (tertiary/aromatic N) is 1. The van der Waals surface area contributed by atoms with Crippen LogP contribution in [0.3, 0.4) is 0 Å². The summed E-state index contributed by atoms with van der Waals surface area (Å²) < 4.78 is 0. The van der Waals surface area contributed by atoms with Crippen LogP contribution in [-0.2, 0) is 0 Å². The molecule has 1 rings (SSSR count). The third-order valence-corrected chi connectivity index (χ3v) is 1.69. The summed E-state index contributed by atoms with van der Waals surface area (Å²) in [6.07, 6.45) is 2.60. The molecule has 0 bridgehead atoms. The van der Waals surface area contributed by atoms with Crippen molar-refractivity contribution in [3.8, 4) is 0 Å². The third-order valence-electron chi connectivity index (χ3n) is 1.69. The summed E-state index contributed by atoms with van der Waals surface area (Å²) >= 11 is 0. The van der Waals surface area contributed by atoms with Crippen LogP contribution < -0.4 is 0 Å². The SMILES string of the molecule is CN=C1CCC1C. The lowest BCUT2D eigenvalue weighted by atomic mass is 9.85. The fourth-order valence-electron chi connectivity index (χ4n) is 0.894. The second kappa shape index (κ2) is 1.65. The van der Waals surface area contributed by atoms with Crippen LogP contribution >= 0.6 is 0 Å². The van der Waals surface area contributed by atoms with Crippen molar-refractivity contribution in [2.24, 2.45) is 10.9 Å². The van der Waals surface area contributed by atoms with E-state index in [-0.39, 0.29) is 0 Å². The highest BCUT2D eigenvalue weighted by molar-refractivity contribution is 5.91. The van der Waals surface area contributed by atoms with Gasteiger partial charge in [0.05, 0.1) is 0 Å². The molecule has 0 heterocycles. The van der Waals surface area contributed by atoms with E-state index in [0.717, 1.165) is 5.92 Å². The summed E-state index contributed by atoms with van der Waals surface area (Å²) in [4.78, 5) is 4.09. The molecule has 1 aliphatic rings. The van der Waals surface area contributed by atoms with E-state index < -0.39 is 0 Å². The van der Waals surface area contributed by atoms with Crippen LogP contribution in [0.5, 0.6) is 0 Å². The lowest BCUT2D eigenvalue weighted by Gasteiger charge is -2.23. The van der Waals surface area contributed by atoms with E-state index in [1.165, 1.54) is 18.6 Å². The van der Waals surface area contributed by atoms with Crippen LogP contribution in [0.4, 0.5) is 0 Å². The Morgan fingerprint density at radius 2 is 2.43 bits per heavy atom. The Morgan fingerprint density at radius 1 is 1.71 bits per heavy atom. The minimum Gasteiger partial charge on any atom is -0.297 e. The zero-order valence-electron chi connectivity index (χ0n) is 4.94. The maximum atomic E-state index is 4.09. The van der Waals surface area contributed by atoms with E-state index in [1.807, 2.05) is 7.05 Å². The first kappa shape index (κ1) is 4.82. The van der Waals surface area contributed by atoms with Crippen molar-refractivity contribution < 1.29 is 0 Å². The highest BCUT2D eigenvalue weighted by atomic mass is 14.7. The first-order chi connectivity index (χ1) is 3.34. The second-order valence-corrected chi connectivity index (χ2v) is 2.15. The predicted molar refractivity (Wildman–Crippen MR) is 31.8 cm³/mol. The molecule has 0 radical (unpaired) electrons. The number of hydrogen-bond acceptors (Lipinski definition) is 1. The molecule has 1 heteroatoms. The van der Waals surface area contributed by atoms with Crippen LogP contribution in [0.25, 0.3) is 0 Å². The minimum atomic E-state index is 0.796. The van der Waals surface area contributed by atoms with Crippen LogP contribution in [-0.4, -0.2) is 12.8 Å². The Labute approximate surface area is 44.5 Å². The molecule has 0 aromatic rings. The zero-order chi connectivity index (χ0) is 5.28. The summed E-state index contributed by atoms with van der Waals surface area (Å²) in [5.41, 5.74) is 1.40. The van der Waals surface area contributed by atoms with Crippen LogP contribution in [0.15, 0.2) is 4.99 Å². The first-order valence-corrected chi connectivity index (χ1v) is 2.80. The van der Waals surface area contributed by atoms with Crippen LogP contribution in [0, 0.1) is 5.92 Å². The van der Waals surface area contributed by atoms with Gasteiger partial charge in [-0.3, -0.25) is 4.99 Å². The number of aliphatic imine (C=N–C) groups is 1. The van der Waals surface area contributed by atoms with Gasteiger partial charge in [0.25, 0.3) is 0 Å². The van der Waals surface area contributed by atoms with Gasteiger partial charge in [0.1, 0.15) is 0 Å². The van der Waals surface area contributed by atoms with Gasteiger partial charge in [-0.25, -0.2) is 0 Å². The smallest absolute Gasteiger partial charge is 0.0276 e. The molecule has 0 saturated heterocycles. The van der Waals surface area contributed by atoms with Gasteiger partial charge in [0, 0.05) is 12.8 Å². The van der Waals surface area contributed by atoms with Crippen LogP contribution in [0.2, 0.25) is 0 Å². The fourth-order valence-corrected chi connectivity index (χ4v) is 0.894. The van der Waals surface area contributed by atoms with Crippen molar-refractivity contribution >= 4 is 5.71 Å². The maximum Gasteiger partial charge on any atom is 0.0276 e. The van der Waals surface area contributed by atoms with E-state index in [1.54, 1.807) is 0 Å². The Kier molecular flexibility index (Phi) is 1.13. The molecule has 0 aliphatic heterocycles. The van der Waals surface area contributed by atoms with E-state index >= 15 is 0 Å². The Balaban J connectivity index is 2.44. The van der Waals surface area contributed by atoms with Crippen molar-refractivity contribution in [2.45, 2.75) is 19.8 Å². The number of rotatable bonds is 0. The van der Waals surface area contributed by atoms with Gasteiger partial charge in [0.15, 0.2) is 0 Å². The predicted octanol–water partition coefficient (Wildman–Crippen LogP) is 1.49. The fraction of sp³-hybridized carbons (Fsp3) is 0.833. The molecule has 40 valence electrons. The van der Waals surface area contributed by atoms with Crippen molar-refractivity contribution in [2.75, 3.05) is 7.05 Å². The van der Waals surface area contributed by atoms with Crippen molar-refractivity contribution in [1.29, 1.82) is 0 Å². The van der Waals surface area contributed by atoms with Gasteiger partial charge in [0.2, 0.25) is 0 Å². The topological polar surface area (TPSA) is 12.4 Å². The van der Waals surface area contributed by atoms with E-state index in [9.17, 15) is 0 Å². The molecule has 1 atom stereocenters. The van der Waals surface area contributed by atoms with Gasteiger partial charge in [-0.15, -0.1) is 0 Å².